The number of nitrogens with zero attached hydrogens (tertiary/aromatic N) is 3. The number of carbonyl (C=O) groups is 1. The number of rotatable bonds is 7. The second kappa shape index (κ2) is 9.15. The van der Waals surface area contributed by atoms with Crippen LogP contribution >= 0.6 is 22.7 Å². The first-order valence-electron chi connectivity index (χ1n) is 9.53. The van der Waals surface area contributed by atoms with Gasteiger partial charge in [-0.1, -0.05) is 36.3 Å². The van der Waals surface area contributed by atoms with Crippen molar-refractivity contribution in [3.63, 3.8) is 0 Å². The predicted octanol–water partition coefficient (Wildman–Crippen LogP) is 5.30. The van der Waals surface area contributed by atoms with Gasteiger partial charge >= 0.3 is 6.01 Å². The molecule has 3 aromatic heterocycles. The van der Waals surface area contributed by atoms with Crippen molar-refractivity contribution >= 4 is 34.3 Å². The summed E-state index contributed by atoms with van der Waals surface area (Å²) in [5, 5.41) is 15.3. The zero-order chi connectivity index (χ0) is 20.9. The average molecular weight is 437 g/mol. The first-order chi connectivity index (χ1) is 14.6. The molecule has 0 aliphatic heterocycles. The summed E-state index contributed by atoms with van der Waals surface area (Å²) in [4.78, 5) is 19.0. The van der Waals surface area contributed by atoms with Crippen molar-refractivity contribution < 1.29 is 9.53 Å². The molecule has 0 saturated carbocycles. The first-order valence-corrected chi connectivity index (χ1v) is 11.3. The second-order valence-electron chi connectivity index (χ2n) is 6.55. The Labute approximate surface area is 182 Å². The summed E-state index contributed by atoms with van der Waals surface area (Å²) in [5.74, 6) is -0.275. The molecule has 1 aromatic carbocycles. The van der Waals surface area contributed by atoms with Gasteiger partial charge in [0, 0.05) is 5.69 Å². The number of thiophene rings is 2. The van der Waals surface area contributed by atoms with Crippen LogP contribution in [0.1, 0.15) is 19.4 Å². The summed E-state index contributed by atoms with van der Waals surface area (Å²) in [7, 11) is 0. The Morgan fingerprint density at radius 1 is 1.00 bits per heavy atom. The van der Waals surface area contributed by atoms with Crippen LogP contribution in [-0.4, -0.2) is 27.2 Å². The summed E-state index contributed by atoms with van der Waals surface area (Å²) < 4.78 is 5.72. The molecule has 4 rings (SSSR count). The van der Waals surface area contributed by atoms with Gasteiger partial charge in [0.2, 0.25) is 0 Å². The smallest absolute Gasteiger partial charge is 0.337 e. The lowest BCUT2D eigenvalue weighted by Crippen LogP contribution is -2.30. The number of aromatic nitrogens is 3. The molecule has 0 bridgehead atoms. The Bertz CT molecular complexity index is 1110. The third-order valence-corrected chi connectivity index (χ3v) is 6.21. The molecular formula is C22H20N4O2S2. The molecule has 0 aliphatic rings. The van der Waals surface area contributed by atoms with Gasteiger partial charge in [-0.2, -0.15) is 4.98 Å². The summed E-state index contributed by atoms with van der Waals surface area (Å²) in [5.41, 5.74) is 3.33. The minimum atomic E-state index is -0.776. The van der Waals surface area contributed by atoms with Crippen LogP contribution in [0.3, 0.4) is 0 Å². The molecule has 3 heterocycles. The molecule has 0 spiro atoms. The third-order valence-electron chi connectivity index (χ3n) is 4.46. The van der Waals surface area contributed by atoms with E-state index in [1.807, 2.05) is 59.3 Å². The van der Waals surface area contributed by atoms with Crippen molar-refractivity contribution in [1.29, 1.82) is 0 Å². The van der Waals surface area contributed by atoms with Crippen molar-refractivity contribution in [3.8, 4) is 27.2 Å². The first kappa shape index (κ1) is 20.2. The quantitative estimate of drug-likeness (QED) is 0.426. The molecule has 0 radical (unpaired) electrons. The molecule has 0 fully saturated rings. The van der Waals surface area contributed by atoms with Crippen LogP contribution in [-0.2, 0) is 11.2 Å². The lowest BCUT2D eigenvalue weighted by Gasteiger charge is -2.14. The van der Waals surface area contributed by atoms with E-state index in [0.29, 0.717) is 11.4 Å². The molecule has 1 amide bonds. The topological polar surface area (TPSA) is 77.0 Å². The Morgan fingerprint density at radius 3 is 2.27 bits per heavy atom. The summed E-state index contributed by atoms with van der Waals surface area (Å²) >= 11 is 3.14. The second-order valence-corrected chi connectivity index (χ2v) is 8.44. The standard InChI is InChI=1S/C22H20N4O2S2/c1-3-15-8-10-16(11-9-15)23-21(27)14(2)28-22-24-19(17-6-4-12-29-17)20(25-26-22)18-7-5-13-30-18/h4-14H,3H2,1-2H3,(H,23,27)/t14-/m1/s1. The van der Waals surface area contributed by atoms with Crippen LogP contribution in [0.15, 0.2) is 59.3 Å². The van der Waals surface area contributed by atoms with Crippen LogP contribution in [0.2, 0.25) is 0 Å². The van der Waals surface area contributed by atoms with E-state index in [4.69, 9.17) is 4.74 Å². The Kier molecular flexibility index (Phi) is 6.15. The average Bonchev–Trinajstić information content (AvgIpc) is 3.48. The Morgan fingerprint density at radius 2 is 1.67 bits per heavy atom. The van der Waals surface area contributed by atoms with Gasteiger partial charge < -0.3 is 10.1 Å². The lowest BCUT2D eigenvalue weighted by molar-refractivity contribution is -0.122. The lowest BCUT2D eigenvalue weighted by atomic mass is 10.1. The van der Waals surface area contributed by atoms with E-state index in [2.05, 4.69) is 27.4 Å². The summed E-state index contributed by atoms with van der Waals surface area (Å²) in [6.45, 7) is 3.75. The number of hydrogen-bond donors (Lipinski definition) is 1. The number of carbonyl (C=O) groups excluding carboxylic acids is 1. The Balaban J connectivity index is 1.52. The maximum Gasteiger partial charge on any atom is 0.337 e. The molecular weight excluding hydrogens is 416 g/mol. The summed E-state index contributed by atoms with van der Waals surface area (Å²) in [6.07, 6.45) is 0.174. The molecule has 6 nitrogen and oxygen atoms in total. The minimum absolute atomic E-state index is 0.0719. The highest BCUT2D eigenvalue weighted by Crippen LogP contribution is 2.34. The van der Waals surface area contributed by atoms with Gasteiger partial charge in [0.25, 0.3) is 5.91 Å². The van der Waals surface area contributed by atoms with Crippen LogP contribution in [0.5, 0.6) is 6.01 Å². The number of ether oxygens (including phenoxy) is 1. The molecule has 0 saturated heterocycles. The van der Waals surface area contributed by atoms with Crippen molar-refractivity contribution in [2.24, 2.45) is 0 Å². The van der Waals surface area contributed by atoms with E-state index in [-0.39, 0.29) is 11.9 Å². The van der Waals surface area contributed by atoms with Gasteiger partial charge in [-0.25, -0.2) is 0 Å². The number of amides is 1. The van der Waals surface area contributed by atoms with Crippen molar-refractivity contribution in [1.82, 2.24) is 15.2 Å². The van der Waals surface area contributed by atoms with Gasteiger partial charge in [0.05, 0.1) is 9.75 Å². The Hall–Kier alpha value is -3.10. The number of nitrogens with one attached hydrogen (secondary N) is 1. The van der Waals surface area contributed by atoms with Crippen molar-refractivity contribution in [2.75, 3.05) is 5.32 Å². The van der Waals surface area contributed by atoms with Crippen LogP contribution in [0, 0.1) is 0 Å². The zero-order valence-corrected chi connectivity index (χ0v) is 18.2. The monoisotopic (exact) mass is 436 g/mol. The highest BCUT2D eigenvalue weighted by molar-refractivity contribution is 7.14. The van der Waals surface area contributed by atoms with E-state index in [9.17, 15) is 4.79 Å². The van der Waals surface area contributed by atoms with Gasteiger partial charge in [-0.3, -0.25) is 4.79 Å². The van der Waals surface area contributed by atoms with Crippen LogP contribution < -0.4 is 10.1 Å². The van der Waals surface area contributed by atoms with Crippen molar-refractivity contribution in [2.45, 2.75) is 26.4 Å². The fraction of sp³-hybridized carbons (Fsp3) is 0.182. The molecule has 0 unspecified atom stereocenters. The minimum Gasteiger partial charge on any atom is -0.449 e. The molecule has 152 valence electrons. The maximum atomic E-state index is 12.5. The SMILES string of the molecule is CCc1ccc(NC(=O)[C@@H](C)Oc2nnc(-c3cccs3)c(-c3cccs3)n2)cc1. The largest absolute Gasteiger partial charge is 0.449 e. The predicted molar refractivity (Wildman–Crippen MR) is 121 cm³/mol. The number of hydrogen-bond acceptors (Lipinski definition) is 7. The van der Waals surface area contributed by atoms with Gasteiger partial charge in [-0.15, -0.1) is 27.8 Å². The van der Waals surface area contributed by atoms with E-state index in [0.717, 1.165) is 21.9 Å². The van der Waals surface area contributed by atoms with Crippen LogP contribution in [0.25, 0.3) is 21.1 Å². The number of benzene rings is 1. The van der Waals surface area contributed by atoms with Gasteiger partial charge in [0.15, 0.2) is 6.10 Å². The zero-order valence-electron chi connectivity index (χ0n) is 16.5. The van der Waals surface area contributed by atoms with Crippen LogP contribution in [0.4, 0.5) is 5.69 Å². The molecule has 1 N–H and O–H groups in total. The van der Waals surface area contributed by atoms with Crippen molar-refractivity contribution in [3.05, 3.63) is 64.9 Å². The van der Waals surface area contributed by atoms with Gasteiger partial charge in [0.1, 0.15) is 11.4 Å². The molecule has 4 aromatic rings. The van der Waals surface area contributed by atoms with E-state index in [1.165, 1.54) is 5.56 Å². The molecule has 8 heteroatoms. The number of aryl methyl sites for hydroxylation is 1. The van der Waals surface area contributed by atoms with E-state index in [1.54, 1.807) is 29.6 Å². The molecule has 1 atom stereocenters. The normalized spacial score (nSPS) is 11.8. The van der Waals surface area contributed by atoms with E-state index < -0.39 is 6.10 Å². The van der Waals surface area contributed by atoms with Gasteiger partial charge in [-0.05, 0) is 53.9 Å². The fourth-order valence-corrected chi connectivity index (χ4v) is 4.23. The molecule has 30 heavy (non-hydrogen) atoms. The highest BCUT2D eigenvalue weighted by Gasteiger charge is 2.20. The molecule has 0 aliphatic carbocycles. The highest BCUT2D eigenvalue weighted by atomic mass is 32.1. The maximum absolute atomic E-state index is 12.5. The third kappa shape index (κ3) is 4.55. The summed E-state index contributed by atoms with van der Waals surface area (Å²) in [6, 6.07) is 15.7. The number of anilines is 1. The van der Waals surface area contributed by atoms with E-state index >= 15 is 0 Å². The fourth-order valence-electron chi connectivity index (χ4n) is 2.80.